The van der Waals surface area contributed by atoms with Crippen molar-refractivity contribution < 1.29 is 61.9 Å². The first-order valence-corrected chi connectivity index (χ1v) is 15.3. The number of ether oxygens (including phenoxy) is 7. The summed E-state index contributed by atoms with van der Waals surface area (Å²) >= 11 is 0. The van der Waals surface area contributed by atoms with Crippen LogP contribution in [0.3, 0.4) is 0 Å². The van der Waals surface area contributed by atoms with Crippen molar-refractivity contribution in [2.75, 3.05) is 33.5 Å². The summed E-state index contributed by atoms with van der Waals surface area (Å²) in [7, 11) is 1.08. The molecule has 0 aromatic rings. The van der Waals surface area contributed by atoms with E-state index in [0.717, 1.165) is 18.1 Å². The lowest BCUT2D eigenvalue weighted by Gasteiger charge is -2.40. The van der Waals surface area contributed by atoms with Gasteiger partial charge in [0.25, 0.3) is 0 Å². The van der Waals surface area contributed by atoms with Gasteiger partial charge in [0.2, 0.25) is 11.7 Å². The van der Waals surface area contributed by atoms with Crippen LogP contribution in [0.4, 0.5) is 19.2 Å². The molecule has 2 heterocycles. The standard InChI is InChI=1S/C29H45N7O13/c1-16(37)33-20-17(34-35-30)13-18(23(38)43-8)45-22(20)21(19-14-44-27(42)46-19)47-26(41)36(15-32-25(40)49-29(5,6)7)12-10-9-11-31-24(39)48-28(2,3)4/h13,17,19-22H,9-12,14-15H2,1-8H3,(H,31,39)(H,32,40)(H,33,37)/t17-,19+,20+,21+,22+/m0/s1. The number of unbranched alkanes of at least 4 members (excludes halogenated alkanes) is 1. The van der Waals surface area contributed by atoms with Gasteiger partial charge >= 0.3 is 30.4 Å². The SMILES string of the molecule is COC(=O)C1=C[C@H](N=[N+]=[N-])[C@@H](NC(C)=O)[C@H]([C@H](OC(=O)N(CCCCNC(=O)OC(C)(C)C)CNC(=O)OC(C)(C)C)[C@H]2COC(=O)O2)O1. The number of nitrogens with zero attached hydrogens (tertiary/aromatic N) is 4. The van der Waals surface area contributed by atoms with E-state index in [1.54, 1.807) is 41.5 Å². The molecule has 2 rings (SSSR count). The number of azide groups is 1. The van der Waals surface area contributed by atoms with E-state index in [0.29, 0.717) is 12.8 Å². The van der Waals surface area contributed by atoms with Crippen LogP contribution >= 0.6 is 0 Å². The van der Waals surface area contributed by atoms with Gasteiger partial charge in [0.1, 0.15) is 17.8 Å². The topological polar surface area (TPSA) is 255 Å². The molecule has 0 aliphatic carbocycles. The molecule has 0 radical (unpaired) electrons. The fourth-order valence-corrected chi connectivity index (χ4v) is 4.46. The Kier molecular flexibility index (Phi) is 14.6. The van der Waals surface area contributed by atoms with Crippen LogP contribution in [0.25, 0.3) is 10.4 Å². The second kappa shape index (κ2) is 17.9. The van der Waals surface area contributed by atoms with Crippen molar-refractivity contribution in [1.82, 2.24) is 20.9 Å². The lowest BCUT2D eigenvalue weighted by molar-refractivity contribution is -0.147. The van der Waals surface area contributed by atoms with E-state index < -0.39 is 96.9 Å². The van der Waals surface area contributed by atoms with Crippen molar-refractivity contribution >= 4 is 36.3 Å². The Bertz CT molecular complexity index is 1300. The van der Waals surface area contributed by atoms with Gasteiger partial charge in [-0.25, -0.2) is 24.0 Å². The van der Waals surface area contributed by atoms with Crippen molar-refractivity contribution in [3.63, 3.8) is 0 Å². The molecule has 1 saturated heterocycles. The average Bonchev–Trinajstić information content (AvgIpc) is 3.41. The smallest absolute Gasteiger partial charge is 0.477 e. The summed E-state index contributed by atoms with van der Waals surface area (Å²) in [5.74, 6) is -2.00. The molecule has 0 aromatic carbocycles. The van der Waals surface area contributed by atoms with Gasteiger partial charge in [-0.2, -0.15) is 0 Å². The van der Waals surface area contributed by atoms with Crippen LogP contribution in [0, 0.1) is 0 Å². The molecule has 0 saturated carbocycles. The molecule has 2 aliphatic heterocycles. The summed E-state index contributed by atoms with van der Waals surface area (Å²) in [6, 6.07) is -2.49. The third-order valence-corrected chi connectivity index (χ3v) is 6.38. The predicted molar refractivity (Wildman–Crippen MR) is 166 cm³/mol. The number of hydrogen-bond acceptors (Lipinski definition) is 14. The number of hydrogen-bond donors (Lipinski definition) is 3. The molecule has 0 bridgehead atoms. The van der Waals surface area contributed by atoms with E-state index in [1.807, 2.05) is 0 Å². The highest BCUT2D eigenvalue weighted by Gasteiger charge is 2.50. The van der Waals surface area contributed by atoms with Crippen LogP contribution in [0.15, 0.2) is 16.9 Å². The number of methoxy groups -OCH3 is 1. The fourth-order valence-electron chi connectivity index (χ4n) is 4.46. The highest BCUT2D eigenvalue weighted by atomic mass is 16.8. The summed E-state index contributed by atoms with van der Waals surface area (Å²) in [6.45, 7) is 10.7. The summed E-state index contributed by atoms with van der Waals surface area (Å²) < 4.78 is 37.0. The maximum atomic E-state index is 13.8. The van der Waals surface area contributed by atoms with Crippen molar-refractivity contribution in [3.8, 4) is 0 Å². The molecule has 2 aliphatic rings. The summed E-state index contributed by atoms with van der Waals surface area (Å²) in [5.41, 5.74) is 7.69. The third kappa shape index (κ3) is 13.9. The van der Waals surface area contributed by atoms with Crippen LogP contribution in [0.5, 0.6) is 0 Å². The number of cyclic esters (lactones) is 2. The molecule has 0 spiro atoms. The first-order valence-electron chi connectivity index (χ1n) is 15.3. The Morgan fingerprint density at radius 3 is 2.20 bits per heavy atom. The second-order valence-corrected chi connectivity index (χ2v) is 12.8. The van der Waals surface area contributed by atoms with Gasteiger partial charge in [0.05, 0.1) is 25.9 Å². The monoisotopic (exact) mass is 699 g/mol. The van der Waals surface area contributed by atoms with Crippen LogP contribution in [-0.4, -0.2) is 116 Å². The Hall–Kier alpha value is -5.13. The highest BCUT2D eigenvalue weighted by Crippen LogP contribution is 2.30. The Morgan fingerprint density at radius 2 is 1.67 bits per heavy atom. The molecular formula is C29H45N7O13. The zero-order valence-electron chi connectivity index (χ0n) is 28.8. The molecule has 274 valence electrons. The van der Waals surface area contributed by atoms with Gasteiger partial charge in [0.15, 0.2) is 18.3 Å². The lowest BCUT2D eigenvalue weighted by atomic mass is 9.92. The van der Waals surface area contributed by atoms with Crippen molar-refractivity contribution in [3.05, 3.63) is 22.3 Å². The van der Waals surface area contributed by atoms with E-state index >= 15 is 0 Å². The minimum atomic E-state index is -1.58. The fraction of sp³-hybridized carbons (Fsp3) is 0.724. The van der Waals surface area contributed by atoms with Gasteiger partial charge < -0.3 is 49.1 Å². The minimum absolute atomic E-state index is 0.0202. The van der Waals surface area contributed by atoms with Gasteiger partial charge in [-0.15, -0.1) is 0 Å². The van der Waals surface area contributed by atoms with Crippen LogP contribution in [0.2, 0.25) is 0 Å². The van der Waals surface area contributed by atoms with Gasteiger partial charge in [-0.1, -0.05) is 5.11 Å². The Balaban J connectivity index is 2.37. The number of carbonyl (C=O) groups is 6. The van der Waals surface area contributed by atoms with Crippen molar-refractivity contribution in [2.24, 2.45) is 5.11 Å². The predicted octanol–water partition coefficient (Wildman–Crippen LogP) is 2.76. The highest BCUT2D eigenvalue weighted by molar-refractivity contribution is 5.86. The number of alkyl carbamates (subject to hydrolysis) is 2. The lowest BCUT2D eigenvalue weighted by Crippen LogP contribution is -2.61. The summed E-state index contributed by atoms with van der Waals surface area (Å²) in [4.78, 5) is 78.8. The molecular weight excluding hydrogens is 654 g/mol. The quantitative estimate of drug-likeness (QED) is 0.0476. The largest absolute Gasteiger partial charge is 0.508 e. The first-order chi connectivity index (χ1) is 22.8. The van der Waals surface area contributed by atoms with Gasteiger partial charge in [-0.3, -0.25) is 9.69 Å². The first kappa shape index (κ1) is 40.0. The summed E-state index contributed by atoms with van der Waals surface area (Å²) in [5, 5.41) is 11.3. The number of esters is 1. The van der Waals surface area contributed by atoms with Crippen molar-refractivity contribution in [2.45, 2.75) is 103 Å². The molecule has 0 unspecified atom stereocenters. The Labute approximate surface area is 283 Å². The maximum Gasteiger partial charge on any atom is 0.508 e. The molecule has 5 atom stereocenters. The normalized spacial score (nSPS) is 20.7. The maximum absolute atomic E-state index is 13.8. The molecule has 4 amide bonds. The second-order valence-electron chi connectivity index (χ2n) is 12.8. The molecule has 3 N–H and O–H groups in total. The van der Waals surface area contributed by atoms with E-state index in [-0.39, 0.29) is 13.1 Å². The van der Waals surface area contributed by atoms with Crippen LogP contribution < -0.4 is 16.0 Å². The van der Waals surface area contributed by atoms with E-state index in [9.17, 15) is 34.3 Å². The molecule has 1 fully saturated rings. The number of rotatable bonds is 13. The van der Waals surface area contributed by atoms with Crippen LogP contribution in [-0.2, 0) is 42.7 Å². The number of amides is 4. The third-order valence-electron chi connectivity index (χ3n) is 6.38. The Morgan fingerprint density at radius 1 is 1.04 bits per heavy atom. The van der Waals surface area contributed by atoms with E-state index in [1.165, 1.54) is 6.92 Å². The van der Waals surface area contributed by atoms with E-state index in [2.05, 4.69) is 26.0 Å². The number of nitrogens with one attached hydrogen (secondary N) is 3. The zero-order valence-corrected chi connectivity index (χ0v) is 28.8. The number of carbonyl (C=O) groups excluding carboxylic acids is 6. The zero-order chi connectivity index (χ0) is 36.9. The molecule has 20 heteroatoms. The average molecular weight is 700 g/mol. The van der Waals surface area contributed by atoms with Gasteiger partial charge in [0, 0.05) is 24.9 Å². The van der Waals surface area contributed by atoms with Crippen LogP contribution in [0.1, 0.15) is 61.3 Å². The molecule has 20 nitrogen and oxygen atoms in total. The molecule has 49 heavy (non-hydrogen) atoms. The summed E-state index contributed by atoms with van der Waals surface area (Å²) in [6.07, 6.45) is -6.19. The van der Waals surface area contributed by atoms with Crippen molar-refractivity contribution in [1.29, 1.82) is 0 Å². The minimum Gasteiger partial charge on any atom is -0.477 e. The van der Waals surface area contributed by atoms with E-state index in [4.69, 9.17) is 33.2 Å². The van der Waals surface area contributed by atoms with Gasteiger partial charge in [-0.05, 0) is 66.0 Å². The molecule has 0 aromatic heterocycles.